The van der Waals surface area contributed by atoms with Crippen molar-refractivity contribution in [1.82, 2.24) is 10.6 Å². The van der Waals surface area contributed by atoms with Crippen LogP contribution in [0.15, 0.2) is 0 Å². The van der Waals surface area contributed by atoms with E-state index in [-0.39, 0.29) is 0 Å². The van der Waals surface area contributed by atoms with Gasteiger partial charge in [-0.05, 0) is 0 Å². The minimum absolute atomic E-state index is 0.571. The average Bonchev–Trinajstić information content (AvgIpc) is 2.67. The number of hydrogen-bond acceptors (Lipinski definition) is 11. The summed E-state index contributed by atoms with van der Waals surface area (Å²) in [6.45, 7) is 0.271. The summed E-state index contributed by atoms with van der Waals surface area (Å²) in [5.41, 5.74) is 0. The molecule has 13 nitrogen and oxygen atoms in total. The monoisotopic (exact) mass is 426 g/mol. The van der Waals surface area contributed by atoms with E-state index in [1.807, 2.05) is 0 Å². The van der Waals surface area contributed by atoms with Gasteiger partial charge >= 0.3 is 0 Å². The van der Waals surface area contributed by atoms with E-state index < -0.39 is 86.6 Å². The highest BCUT2D eigenvalue weighted by Gasteiger charge is 2.45. The van der Waals surface area contributed by atoms with Gasteiger partial charge in [0.05, 0.1) is 25.9 Å². The van der Waals surface area contributed by atoms with Crippen molar-refractivity contribution in [1.29, 1.82) is 0 Å². The van der Waals surface area contributed by atoms with Gasteiger partial charge < -0.3 is 55.9 Å². The largest absolute Gasteiger partial charge is 0.394 e. The summed E-state index contributed by atoms with van der Waals surface area (Å²) in [7, 11) is 0. The molecular formula is C16H30N2O11. The molecule has 170 valence electrons. The van der Waals surface area contributed by atoms with Crippen LogP contribution in [0.5, 0.6) is 0 Å². The topological polar surface area (TPSA) is 218 Å². The molecule has 29 heavy (non-hydrogen) atoms. The number of aliphatic hydroxyl groups is 7. The Hall–Kier alpha value is -1.42. The zero-order chi connectivity index (χ0) is 22.3. The molecule has 0 aliphatic carbocycles. The number of carbonyl (C=O) groups is 2. The van der Waals surface area contributed by atoms with Gasteiger partial charge in [-0.1, -0.05) is 0 Å². The standard InChI is InChI=1S/C16H30N2O11/c1-6(21)17-8(3-19)12(24)13(25)9(23)5-28-16-11(18-7(2)22)15(27)14(26)10(4-20)29-16/h8-16,19-20,23-27H,3-5H2,1-2H3,(H,17,21)(H,18,22)/t8-,9+,10+,11+,12+,13-,14+,15+,16+/m0/s1. The van der Waals surface area contributed by atoms with E-state index >= 15 is 0 Å². The van der Waals surface area contributed by atoms with Crippen molar-refractivity contribution < 1.29 is 54.8 Å². The van der Waals surface area contributed by atoms with E-state index in [0.717, 1.165) is 13.8 Å². The van der Waals surface area contributed by atoms with Crippen LogP contribution in [-0.2, 0) is 19.1 Å². The third-order valence-electron chi connectivity index (χ3n) is 4.42. The molecule has 0 unspecified atom stereocenters. The lowest BCUT2D eigenvalue weighted by molar-refractivity contribution is -0.277. The van der Waals surface area contributed by atoms with E-state index in [2.05, 4.69) is 10.6 Å². The van der Waals surface area contributed by atoms with Crippen LogP contribution in [0.2, 0.25) is 0 Å². The Balaban J connectivity index is 2.77. The van der Waals surface area contributed by atoms with Crippen LogP contribution in [0.1, 0.15) is 13.8 Å². The Morgan fingerprint density at radius 3 is 2.14 bits per heavy atom. The number of nitrogens with one attached hydrogen (secondary N) is 2. The minimum Gasteiger partial charge on any atom is -0.394 e. The zero-order valence-corrected chi connectivity index (χ0v) is 16.1. The summed E-state index contributed by atoms with van der Waals surface area (Å²) < 4.78 is 10.6. The smallest absolute Gasteiger partial charge is 0.217 e. The summed E-state index contributed by atoms with van der Waals surface area (Å²) in [5.74, 6) is -1.14. The van der Waals surface area contributed by atoms with Crippen molar-refractivity contribution in [3.05, 3.63) is 0 Å². The Morgan fingerprint density at radius 1 is 1.03 bits per heavy atom. The maximum absolute atomic E-state index is 11.3. The van der Waals surface area contributed by atoms with Crippen molar-refractivity contribution >= 4 is 11.8 Å². The van der Waals surface area contributed by atoms with E-state index in [1.165, 1.54) is 0 Å². The molecule has 0 bridgehead atoms. The van der Waals surface area contributed by atoms with Crippen LogP contribution >= 0.6 is 0 Å². The van der Waals surface area contributed by atoms with Crippen molar-refractivity contribution in [2.45, 2.75) is 68.8 Å². The minimum atomic E-state index is -1.84. The van der Waals surface area contributed by atoms with Crippen molar-refractivity contribution in [2.75, 3.05) is 19.8 Å². The molecule has 9 atom stereocenters. The Kier molecular flexibility index (Phi) is 10.3. The Bertz CT molecular complexity index is 537. The molecular weight excluding hydrogens is 396 g/mol. The van der Waals surface area contributed by atoms with Crippen LogP contribution in [0.4, 0.5) is 0 Å². The van der Waals surface area contributed by atoms with Gasteiger partial charge in [-0.3, -0.25) is 9.59 Å². The maximum atomic E-state index is 11.3. The van der Waals surface area contributed by atoms with Gasteiger partial charge in [0, 0.05) is 13.8 Å². The molecule has 13 heteroatoms. The third-order valence-corrected chi connectivity index (χ3v) is 4.42. The fourth-order valence-electron chi connectivity index (χ4n) is 2.87. The second-order valence-corrected chi connectivity index (χ2v) is 6.80. The molecule has 0 radical (unpaired) electrons. The van der Waals surface area contributed by atoms with E-state index in [4.69, 9.17) is 9.47 Å². The normalized spacial score (nSPS) is 31.4. The van der Waals surface area contributed by atoms with Gasteiger partial charge in [0.2, 0.25) is 11.8 Å². The maximum Gasteiger partial charge on any atom is 0.217 e. The van der Waals surface area contributed by atoms with Crippen LogP contribution in [0, 0.1) is 0 Å². The predicted octanol–water partition coefficient (Wildman–Crippen LogP) is -5.47. The van der Waals surface area contributed by atoms with Crippen molar-refractivity contribution in [2.24, 2.45) is 0 Å². The van der Waals surface area contributed by atoms with Gasteiger partial charge in [-0.2, -0.15) is 0 Å². The number of ether oxygens (including phenoxy) is 2. The molecule has 0 spiro atoms. The molecule has 0 aromatic carbocycles. The van der Waals surface area contributed by atoms with Gasteiger partial charge in [0.25, 0.3) is 0 Å². The highest BCUT2D eigenvalue weighted by molar-refractivity contribution is 5.73. The molecule has 1 heterocycles. The van der Waals surface area contributed by atoms with Crippen LogP contribution in [0.25, 0.3) is 0 Å². The van der Waals surface area contributed by atoms with E-state index in [1.54, 1.807) is 0 Å². The van der Waals surface area contributed by atoms with Crippen molar-refractivity contribution in [3.8, 4) is 0 Å². The second kappa shape index (κ2) is 11.7. The first-order valence-electron chi connectivity index (χ1n) is 8.96. The zero-order valence-electron chi connectivity index (χ0n) is 16.1. The van der Waals surface area contributed by atoms with Crippen LogP contribution in [0.3, 0.4) is 0 Å². The fraction of sp³-hybridized carbons (Fsp3) is 0.875. The SMILES string of the molecule is CC(=O)N[C@H]1[C@H](OC[C@@H](O)[C@H](O)[C@H](O)[C@H](CO)NC(C)=O)O[C@H](CO)[C@@H](O)[C@@H]1O. The van der Waals surface area contributed by atoms with Gasteiger partial charge in [0.15, 0.2) is 6.29 Å². The number of aliphatic hydroxyl groups excluding tert-OH is 7. The van der Waals surface area contributed by atoms with Gasteiger partial charge in [-0.25, -0.2) is 0 Å². The Labute approximate surface area is 166 Å². The Morgan fingerprint density at radius 2 is 1.66 bits per heavy atom. The molecule has 1 aliphatic heterocycles. The second-order valence-electron chi connectivity index (χ2n) is 6.80. The summed E-state index contributed by atoms with van der Waals surface area (Å²) in [6, 6.07) is -2.49. The highest BCUT2D eigenvalue weighted by Crippen LogP contribution is 2.22. The van der Waals surface area contributed by atoms with Gasteiger partial charge in [-0.15, -0.1) is 0 Å². The lowest BCUT2D eigenvalue weighted by atomic mass is 9.97. The van der Waals surface area contributed by atoms with Crippen LogP contribution < -0.4 is 10.6 Å². The first kappa shape index (κ1) is 25.6. The number of amides is 2. The highest BCUT2D eigenvalue weighted by atomic mass is 16.7. The summed E-state index contributed by atoms with van der Waals surface area (Å²) in [6.07, 6.45) is -11.0. The third kappa shape index (κ3) is 7.09. The molecule has 0 aromatic heterocycles. The quantitative estimate of drug-likeness (QED) is 0.160. The molecule has 1 rings (SSSR count). The molecule has 0 saturated carbocycles. The number of carbonyl (C=O) groups excluding carboxylic acids is 2. The average molecular weight is 426 g/mol. The first-order valence-corrected chi connectivity index (χ1v) is 8.96. The molecule has 2 amide bonds. The molecule has 9 N–H and O–H groups in total. The number of rotatable bonds is 10. The molecule has 1 fully saturated rings. The molecule has 1 saturated heterocycles. The lowest BCUT2D eigenvalue weighted by Gasteiger charge is -2.42. The summed E-state index contributed by atoms with van der Waals surface area (Å²) in [4.78, 5) is 22.4. The molecule has 0 aromatic rings. The summed E-state index contributed by atoms with van der Waals surface area (Å²) >= 11 is 0. The summed E-state index contributed by atoms with van der Waals surface area (Å²) in [5, 5.41) is 73.2. The fourth-order valence-corrected chi connectivity index (χ4v) is 2.87. The predicted molar refractivity (Wildman–Crippen MR) is 94.0 cm³/mol. The van der Waals surface area contributed by atoms with Crippen LogP contribution in [-0.4, -0.2) is 122 Å². The van der Waals surface area contributed by atoms with E-state index in [9.17, 15) is 45.3 Å². The van der Waals surface area contributed by atoms with Gasteiger partial charge in [0.1, 0.15) is 42.7 Å². The molecule has 1 aliphatic rings. The lowest BCUT2D eigenvalue weighted by Crippen LogP contribution is -2.65. The number of hydrogen-bond donors (Lipinski definition) is 9. The first-order chi connectivity index (χ1) is 13.5. The van der Waals surface area contributed by atoms with E-state index in [0.29, 0.717) is 0 Å². The van der Waals surface area contributed by atoms with Crippen molar-refractivity contribution in [3.63, 3.8) is 0 Å².